The molecule has 15 heavy (non-hydrogen) atoms. The average molecular weight is 209 g/mol. The molecule has 1 saturated heterocycles. The number of hydrogen-bond acceptors (Lipinski definition) is 1. The molecule has 0 N–H and O–H groups in total. The summed E-state index contributed by atoms with van der Waals surface area (Å²) in [4.78, 5) is 2.74. The van der Waals surface area contributed by atoms with Gasteiger partial charge in [-0.15, -0.1) is 0 Å². The summed E-state index contributed by atoms with van der Waals surface area (Å²) >= 11 is 0. The van der Waals surface area contributed by atoms with Gasteiger partial charge in [0.15, 0.2) is 0 Å². The summed E-state index contributed by atoms with van der Waals surface area (Å²) in [6.45, 7) is 5.14. The van der Waals surface area contributed by atoms with Crippen LogP contribution < -0.4 is 0 Å². The number of nitrogens with zero attached hydrogens (tertiary/aromatic N) is 1. The molecule has 88 valence electrons. The van der Waals surface area contributed by atoms with E-state index in [0.717, 1.165) is 12.0 Å². The fourth-order valence-corrected chi connectivity index (χ4v) is 3.20. The molecule has 2 rings (SSSR count). The number of likely N-dealkylation sites (tertiary alicyclic amines) is 1. The summed E-state index contributed by atoms with van der Waals surface area (Å²) in [6.07, 6.45) is 13.4. The summed E-state index contributed by atoms with van der Waals surface area (Å²) in [7, 11) is 0. The second-order valence-electron chi connectivity index (χ2n) is 5.77. The molecule has 1 saturated carbocycles. The molecule has 0 unspecified atom stereocenters. The first kappa shape index (κ1) is 11.4. The highest BCUT2D eigenvalue weighted by Crippen LogP contribution is 2.26. The van der Waals surface area contributed by atoms with E-state index >= 15 is 0 Å². The Morgan fingerprint density at radius 1 is 0.733 bits per heavy atom. The number of rotatable bonds is 1. The summed E-state index contributed by atoms with van der Waals surface area (Å²) in [5, 5.41) is 0. The van der Waals surface area contributed by atoms with Gasteiger partial charge in [-0.3, -0.25) is 4.90 Å². The molecule has 1 aliphatic heterocycles. The smallest absolute Gasteiger partial charge is 0.00955 e. The van der Waals surface area contributed by atoms with E-state index < -0.39 is 0 Å². The Bertz CT molecular complexity index is 162. The van der Waals surface area contributed by atoms with Crippen LogP contribution in [0.2, 0.25) is 0 Å². The molecule has 1 heterocycles. The summed E-state index contributed by atoms with van der Waals surface area (Å²) in [5.74, 6) is 0.973. The van der Waals surface area contributed by atoms with Crippen LogP contribution in [0.3, 0.4) is 0 Å². The summed E-state index contributed by atoms with van der Waals surface area (Å²) in [5.41, 5.74) is 0. The SMILES string of the molecule is CC1CN(C2CCCCCCCCC2)C1. The van der Waals surface area contributed by atoms with Gasteiger partial charge >= 0.3 is 0 Å². The van der Waals surface area contributed by atoms with E-state index in [1.165, 1.54) is 70.9 Å². The highest BCUT2D eigenvalue weighted by molar-refractivity contribution is 4.83. The topological polar surface area (TPSA) is 3.24 Å². The van der Waals surface area contributed by atoms with Crippen molar-refractivity contribution >= 4 is 0 Å². The van der Waals surface area contributed by atoms with Crippen molar-refractivity contribution in [1.29, 1.82) is 0 Å². The van der Waals surface area contributed by atoms with Crippen molar-refractivity contribution in [2.75, 3.05) is 13.1 Å². The lowest BCUT2D eigenvalue weighted by atomic mass is 9.92. The lowest BCUT2D eigenvalue weighted by Crippen LogP contribution is -2.50. The maximum Gasteiger partial charge on any atom is 0.00955 e. The molecule has 0 atom stereocenters. The molecular formula is C14H27N. The third-order valence-electron chi connectivity index (χ3n) is 4.18. The van der Waals surface area contributed by atoms with Gasteiger partial charge in [0.2, 0.25) is 0 Å². The Labute approximate surface area is 95.2 Å². The molecule has 0 spiro atoms. The molecule has 0 aromatic rings. The molecule has 0 aromatic carbocycles. The van der Waals surface area contributed by atoms with Crippen molar-refractivity contribution in [3.8, 4) is 0 Å². The predicted molar refractivity (Wildman–Crippen MR) is 66.1 cm³/mol. The van der Waals surface area contributed by atoms with E-state index in [1.807, 2.05) is 0 Å². The van der Waals surface area contributed by atoms with Crippen LogP contribution in [-0.4, -0.2) is 24.0 Å². The van der Waals surface area contributed by atoms with Crippen LogP contribution in [0.25, 0.3) is 0 Å². The van der Waals surface area contributed by atoms with Gasteiger partial charge in [0.25, 0.3) is 0 Å². The molecule has 2 fully saturated rings. The van der Waals surface area contributed by atoms with Gasteiger partial charge in [0.1, 0.15) is 0 Å². The Kier molecular flexibility index (Phi) is 4.49. The Hall–Kier alpha value is -0.0400. The first-order valence-corrected chi connectivity index (χ1v) is 7.10. The normalized spacial score (nSPS) is 28.6. The Morgan fingerprint density at radius 3 is 1.67 bits per heavy atom. The van der Waals surface area contributed by atoms with Gasteiger partial charge in [-0.2, -0.15) is 0 Å². The van der Waals surface area contributed by atoms with E-state index in [2.05, 4.69) is 11.8 Å². The fourth-order valence-electron chi connectivity index (χ4n) is 3.20. The van der Waals surface area contributed by atoms with Crippen molar-refractivity contribution in [2.45, 2.75) is 70.8 Å². The van der Waals surface area contributed by atoms with Crippen LogP contribution in [0.5, 0.6) is 0 Å². The monoisotopic (exact) mass is 209 g/mol. The zero-order valence-corrected chi connectivity index (χ0v) is 10.4. The van der Waals surface area contributed by atoms with Crippen LogP contribution in [-0.2, 0) is 0 Å². The molecule has 1 heteroatoms. The second-order valence-corrected chi connectivity index (χ2v) is 5.77. The molecular weight excluding hydrogens is 182 g/mol. The molecule has 0 bridgehead atoms. The van der Waals surface area contributed by atoms with Crippen molar-refractivity contribution in [2.24, 2.45) is 5.92 Å². The maximum absolute atomic E-state index is 2.74. The first-order chi connectivity index (χ1) is 7.36. The quantitative estimate of drug-likeness (QED) is 0.634. The van der Waals surface area contributed by atoms with E-state index in [1.54, 1.807) is 0 Å². The Morgan fingerprint density at radius 2 is 1.20 bits per heavy atom. The van der Waals surface area contributed by atoms with E-state index in [-0.39, 0.29) is 0 Å². The van der Waals surface area contributed by atoms with E-state index in [9.17, 15) is 0 Å². The molecule has 1 nitrogen and oxygen atoms in total. The van der Waals surface area contributed by atoms with E-state index in [0.29, 0.717) is 0 Å². The van der Waals surface area contributed by atoms with Gasteiger partial charge in [-0.05, 0) is 18.8 Å². The fraction of sp³-hybridized carbons (Fsp3) is 1.00. The molecule has 0 aromatic heterocycles. The first-order valence-electron chi connectivity index (χ1n) is 7.10. The lowest BCUT2D eigenvalue weighted by Gasteiger charge is -2.43. The van der Waals surface area contributed by atoms with Crippen LogP contribution in [0, 0.1) is 5.92 Å². The van der Waals surface area contributed by atoms with Gasteiger partial charge in [0, 0.05) is 19.1 Å². The van der Waals surface area contributed by atoms with E-state index in [4.69, 9.17) is 0 Å². The van der Waals surface area contributed by atoms with Crippen LogP contribution >= 0.6 is 0 Å². The summed E-state index contributed by atoms with van der Waals surface area (Å²) < 4.78 is 0. The van der Waals surface area contributed by atoms with Crippen LogP contribution in [0.1, 0.15) is 64.7 Å². The highest BCUT2D eigenvalue weighted by atomic mass is 15.2. The molecule has 0 radical (unpaired) electrons. The minimum absolute atomic E-state index is 0.944. The van der Waals surface area contributed by atoms with Gasteiger partial charge in [-0.25, -0.2) is 0 Å². The molecule has 0 amide bonds. The minimum Gasteiger partial charge on any atom is -0.300 e. The maximum atomic E-state index is 2.74. The van der Waals surface area contributed by atoms with Crippen molar-refractivity contribution in [1.82, 2.24) is 4.90 Å². The van der Waals surface area contributed by atoms with Gasteiger partial charge in [0.05, 0.1) is 0 Å². The lowest BCUT2D eigenvalue weighted by molar-refractivity contribution is 0.0505. The highest BCUT2D eigenvalue weighted by Gasteiger charge is 2.28. The molecule has 2 aliphatic rings. The van der Waals surface area contributed by atoms with Gasteiger partial charge < -0.3 is 0 Å². The predicted octanol–water partition coefficient (Wildman–Crippen LogP) is 3.83. The number of hydrogen-bond donors (Lipinski definition) is 0. The minimum atomic E-state index is 0.944. The Balaban J connectivity index is 1.74. The van der Waals surface area contributed by atoms with Crippen molar-refractivity contribution in [3.63, 3.8) is 0 Å². The third-order valence-corrected chi connectivity index (χ3v) is 4.18. The largest absolute Gasteiger partial charge is 0.300 e. The zero-order chi connectivity index (χ0) is 10.5. The zero-order valence-electron chi connectivity index (χ0n) is 10.4. The van der Waals surface area contributed by atoms with Crippen LogP contribution in [0.15, 0.2) is 0 Å². The van der Waals surface area contributed by atoms with Crippen molar-refractivity contribution < 1.29 is 0 Å². The molecule has 1 aliphatic carbocycles. The second kappa shape index (κ2) is 5.89. The summed E-state index contributed by atoms with van der Waals surface area (Å²) in [6, 6.07) is 0.944. The van der Waals surface area contributed by atoms with Gasteiger partial charge in [-0.1, -0.05) is 51.9 Å². The average Bonchev–Trinajstić information content (AvgIpc) is 2.22. The van der Waals surface area contributed by atoms with Crippen molar-refractivity contribution in [3.05, 3.63) is 0 Å². The standard InChI is InChI=1S/C14H27N/c1-13-11-15(12-13)14-9-7-5-3-2-4-6-8-10-14/h13-14H,2-12H2,1H3. The third kappa shape index (κ3) is 3.48. The van der Waals surface area contributed by atoms with Crippen LogP contribution in [0.4, 0.5) is 0 Å².